The molecule has 1 atom stereocenters. The van der Waals surface area contributed by atoms with E-state index in [0.717, 1.165) is 12.1 Å². The third kappa shape index (κ3) is 3.71. The zero-order valence-corrected chi connectivity index (χ0v) is 9.10. The van der Waals surface area contributed by atoms with E-state index >= 15 is 0 Å². The molecule has 0 spiro atoms. The first-order valence-corrected chi connectivity index (χ1v) is 5.11. The van der Waals surface area contributed by atoms with Gasteiger partial charge in [0.15, 0.2) is 0 Å². The molecule has 0 saturated heterocycles. The van der Waals surface area contributed by atoms with Crippen LogP contribution in [0.4, 0.5) is 0 Å². The number of aliphatic carboxylic acids is 1. The minimum Gasteiger partial charge on any atom is -0.481 e. The quantitative estimate of drug-likeness (QED) is 0.737. The number of hydrogen-bond donors (Lipinski definition) is 2. The highest BCUT2D eigenvalue weighted by Gasteiger charge is 2.07. The van der Waals surface area contributed by atoms with Crippen molar-refractivity contribution in [2.75, 3.05) is 6.54 Å². The third-order valence-corrected chi connectivity index (χ3v) is 2.27. The zero-order chi connectivity index (χ0) is 11.3. The molecule has 0 amide bonds. The Hall–Kier alpha value is -1.36. The molecule has 15 heavy (non-hydrogen) atoms. The van der Waals surface area contributed by atoms with Crippen LogP contribution in [0.3, 0.4) is 0 Å². The summed E-state index contributed by atoms with van der Waals surface area (Å²) in [7, 11) is 0. The summed E-state index contributed by atoms with van der Waals surface area (Å²) in [5.41, 5.74) is 1.09. The van der Waals surface area contributed by atoms with Crippen LogP contribution in [-0.2, 0) is 11.3 Å². The standard InChI is InChI=1S/C10H17N3O2/c1-3-13-7-9(6-12-13)8(2)11-5-4-10(14)15/h6-8,11H,3-5H2,1-2H3,(H,14,15). The Bertz CT molecular complexity index is 322. The lowest BCUT2D eigenvalue weighted by Crippen LogP contribution is -2.21. The highest BCUT2D eigenvalue weighted by Crippen LogP contribution is 2.10. The van der Waals surface area contributed by atoms with Crippen LogP contribution in [0.2, 0.25) is 0 Å². The van der Waals surface area contributed by atoms with Gasteiger partial charge in [-0.25, -0.2) is 0 Å². The minimum atomic E-state index is -0.779. The maximum atomic E-state index is 10.3. The molecule has 0 aliphatic heterocycles. The molecule has 0 aromatic carbocycles. The van der Waals surface area contributed by atoms with Gasteiger partial charge in [0.1, 0.15) is 0 Å². The predicted octanol–water partition coefficient (Wildman–Crippen LogP) is 1.03. The molecule has 5 nitrogen and oxygen atoms in total. The zero-order valence-electron chi connectivity index (χ0n) is 9.10. The molecule has 0 radical (unpaired) electrons. The van der Waals surface area contributed by atoms with Crippen LogP contribution in [-0.4, -0.2) is 27.4 Å². The lowest BCUT2D eigenvalue weighted by molar-refractivity contribution is -0.136. The van der Waals surface area contributed by atoms with Crippen molar-refractivity contribution in [2.24, 2.45) is 0 Å². The van der Waals surface area contributed by atoms with Gasteiger partial charge in [0.2, 0.25) is 0 Å². The Balaban J connectivity index is 2.39. The van der Waals surface area contributed by atoms with E-state index in [0.29, 0.717) is 6.54 Å². The maximum absolute atomic E-state index is 10.3. The van der Waals surface area contributed by atoms with Crippen molar-refractivity contribution in [1.82, 2.24) is 15.1 Å². The maximum Gasteiger partial charge on any atom is 0.304 e. The van der Waals surface area contributed by atoms with Gasteiger partial charge in [0, 0.05) is 30.9 Å². The number of hydrogen-bond acceptors (Lipinski definition) is 3. The number of rotatable bonds is 6. The molecule has 0 fully saturated rings. The fraction of sp³-hybridized carbons (Fsp3) is 0.600. The number of carbonyl (C=O) groups is 1. The summed E-state index contributed by atoms with van der Waals surface area (Å²) in [6.07, 6.45) is 3.92. The van der Waals surface area contributed by atoms with E-state index in [9.17, 15) is 4.79 Å². The molecule has 1 aromatic rings. The second-order valence-electron chi connectivity index (χ2n) is 3.45. The number of carboxylic acids is 1. The van der Waals surface area contributed by atoms with Crippen LogP contribution in [0.25, 0.3) is 0 Å². The number of nitrogens with one attached hydrogen (secondary N) is 1. The van der Waals surface area contributed by atoms with E-state index in [1.54, 1.807) is 0 Å². The molecule has 1 unspecified atom stereocenters. The number of nitrogens with zero attached hydrogens (tertiary/aromatic N) is 2. The Kier molecular flexibility index (Phi) is 4.30. The topological polar surface area (TPSA) is 67.2 Å². The highest BCUT2D eigenvalue weighted by molar-refractivity contribution is 5.66. The number of aryl methyl sites for hydroxylation is 1. The molecule has 0 aliphatic carbocycles. The Morgan fingerprint density at radius 1 is 1.73 bits per heavy atom. The van der Waals surface area contributed by atoms with E-state index in [1.165, 1.54) is 0 Å². The smallest absolute Gasteiger partial charge is 0.304 e. The largest absolute Gasteiger partial charge is 0.481 e. The van der Waals surface area contributed by atoms with Crippen molar-refractivity contribution in [3.63, 3.8) is 0 Å². The summed E-state index contributed by atoms with van der Waals surface area (Å²) in [5, 5.41) is 15.8. The normalized spacial score (nSPS) is 12.7. The molecule has 0 bridgehead atoms. The second-order valence-corrected chi connectivity index (χ2v) is 3.45. The summed E-state index contributed by atoms with van der Waals surface area (Å²) in [6, 6.07) is 0.143. The van der Waals surface area contributed by atoms with Gasteiger partial charge in [-0.15, -0.1) is 0 Å². The van der Waals surface area contributed by atoms with Crippen molar-refractivity contribution >= 4 is 5.97 Å². The van der Waals surface area contributed by atoms with E-state index in [1.807, 2.05) is 30.9 Å². The molecular formula is C10H17N3O2. The number of aromatic nitrogens is 2. The van der Waals surface area contributed by atoms with Crippen LogP contribution < -0.4 is 5.32 Å². The Morgan fingerprint density at radius 3 is 3.00 bits per heavy atom. The first-order chi connectivity index (χ1) is 7.13. The predicted molar refractivity (Wildman–Crippen MR) is 56.6 cm³/mol. The van der Waals surface area contributed by atoms with Gasteiger partial charge in [0.05, 0.1) is 12.6 Å². The lowest BCUT2D eigenvalue weighted by Gasteiger charge is -2.10. The molecule has 2 N–H and O–H groups in total. The van der Waals surface area contributed by atoms with Gasteiger partial charge < -0.3 is 10.4 Å². The van der Waals surface area contributed by atoms with Crippen molar-refractivity contribution in [3.8, 4) is 0 Å². The monoisotopic (exact) mass is 211 g/mol. The van der Waals surface area contributed by atoms with Crippen molar-refractivity contribution in [2.45, 2.75) is 32.9 Å². The SMILES string of the molecule is CCn1cc(C(C)NCCC(=O)O)cn1. The van der Waals surface area contributed by atoms with Crippen molar-refractivity contribution < 1.29 is 9.90 Å². The fourth-order valence-electron chi connectivity index (χ4n) is 1.29. The highest BCUT2D eigenvalue weighted by atomic mass is 16.4. The molecule has 1 rings (SSSR count). The minimum absolute atomic E-state index is 0.143. The first-order valence-electron chi connectivity index (χ1n) is 5.11. The van der Waals surface area contributed by atoms with Gasteiger partial charge in [0.25, 0.3) is 0 Å². The molecular weight excluding hydrogens is 194 g/mol. The van der Waals surface area contributed by atoms with Crippen LogP contribution in [0.15, 0.2) is 12.4 Å². The molecule has 5 heteroatoms. The summed E-state index contributed by atoms with van der Waals surface area (Å²) >= 11 is 0. The van der Waals surface area contributed by atoms with Gasteiger partial charge in [-0.1, -0.05) is 0 Å². The summed E-state index contributed by atoms with van der Waals surface area (Å²) in [5.74, 6) is -0.779. The molecule has 84 valence electrons. The van der Waals surface area contributed by atoms with Crippen LogP contribution in [0.1, 0.15) is 31.9 Å². The van der Waals surface area contributed by atoms with Gasteiger partial charge in [-0.05, 0) is 13.8 Å². The Labute approximate surface area is 89.1 Å². The average Bonchev–Trinajstić information content (AvgIpc) is 2.65. The van der Waals surface area contributed by atoms with E-state index in [-0.39, 0.29) is 12.5 Å². The molecule has 1 heterocycles. The summed E-state index contributed by atoms with van der Waals surface area (Å²) in [6.45, 7) is 5.35. The van der Waals surface area contributed by atoms with Gasteiger partial charge in [-0.2, -0.15) is 5.10 Å². The summed E-state index contributed by atoms with van der Waals surface area (Å²) in [4.78, 5) is 10.3. The van der Waals surface area contributed by atoms with E-state index in [4.69, 9.17) is 5.11 Å². The first kappa shape index (κ1) is 11.7. The Morgan fingerprint density at radius 2 is 2.47 bits per heavy atom. The summed E-state index contributed by atoms with van der Waals surface area (Å²) < 4.78 is 1.85. The number of carboxylic acid groups (broad SMARTS) is 1. The van der Waals surface area contributed by atoms with Gasteiger partial charge >= 0.3 is 5.97 Å². The van der Waals surface area contributed by atoms with Crippen LogP contribution in [0, 0.1) is 0 Å². The van der Waals surface area contributed by atoms with Gasteiger partial charge in [-0.3, -0.25) is 9.48 Å². The average molecular weight is 211 g/mol. The lowest BCUT2D eigenvalue weighted by atomic mass is 10.2. The van der Waals surface area contributed by atoms with Crippen LogP contribution in [0.5, 0.6) is 0 Å². The van der Waals surface area contributed by atoms with Crippen molar-refractivity contribution in [3.05, 3.63) is 18.0 Å². The molecule has 1 aromatic heterocycles. The van der Waals surface area contributed by atoms with E-state index in [2.05, 4.69) is 10.4 Å². The van der Waals surface area contributed by atoms with Crippen molar-refractivity contribution in [1.29, 1.82) is 0 Å². The van der Waals surface area contributed by atoms with E-state index < -0.39 is 5.97 Å². The molecule has 0 saturated carbocycles. The third-order valence-electron chi connectivity index (χ3n) is 2.27. The fourth-order valence-corrected chi connectivity index (χ4v) is 1.29. The van der Waals surface area contributed by atoms with Crippen LogP contribution >= 0.6 is 0 Å². The molecule has 0 aliphatic rings. The second kappa shape index (κ2) is 5.50.